The predicted molar refractivity (Wildman–Crippen MR) is 113 cm³/mol. The molecule has 36 heavy (non-hydrogen) atoms. The number of nitrogens with zero attached hydrogens (tertiary/aromatic N) is 1. The summed E-state index contributed by atoms with van der Waals surface area (Å²) in [7, 11) is -11.0. The highest BCUT2D eigenvalue weighted by molar-refractivity contribution is 7.71. The van der Waals surface area contributed by atoms with Gasteiger partial charge in [0.15, 0.2) is 12.5 Å². The van der Waals surface area contributed by atoms with Crippen molar-refractivity contribution in [2.24, 2.45) is 0 Å². The van der Waals surface area contributed by atoms with Gasteiger partial charge >= 0.3 is 21.3 Å². The van der Waals surface area contributed by atoms with Crippen LogP contribution in [0.1, 0.15) is 6.23 Å². The molecule has 11 atom stereocenters. The molecule has 0 aliphatic carbocycles. The second kappa shape index (κ2) is 11.4. The lowest BCUT2D eigenvalue weighted by molar-refractivity contribution is -0.280. The second-order valence-corrected chi connectivity index (χ2v) is 11.1. The van der Waals surface area contributed by atoms with Crippen molar-refractivity contribution >= 4 is 27.9 Å². The Labute approximate surface area is 206 Å². The van der Waals surface area contributed by atoms with Crippen LogP contribution in [0.2, 0.25) is 0 Å². The van der Waals surface area contributed by atoms with E-state index in [0.717, 1.165) is 4.57 Å². The molecule has 0 saturated carbocycles. The van der Waals surface area contributed by atoms with Crippen LogP contribution in [0.15, 0.2) is 17.1 Å². The molecule has 0 spiro atoms. The number of aliphatic hydroxyl groups is 6. The fourth-order valence-electron chi connectivity index (χ4n) is 3.35. The van der Waals surface area contributed by atoms with Gasteiger partial charge in [0.25, 0.3) is 0 Å². The fourth-order valence-corrected chi connectivity index (χ4v) is 5.66. The molecule has 2 unspecified atom stereocenters. The van der Waals surface area contributed by atoms with Gasteiger partial charge in [-0.05, 0) is 6.07 Å². The first-order chi connectivity index (χ1) is 16.7. The summed E-state index contributed by atoms with van der Waals surface area (Å²) < 4.78 is 48.5. The predicted octanol–water partition coefficient (Wildman–Crippen LogP) is -3.42. The quantitative estimate of drug-likeness (QED) is 0.101. The molecule has 18 nitrogen and oxygen atoms in total. The van der Waals surface area contributed by atoms with E-state index < -0.39 is 89.8 Å². The van der Waals surface area contributed by atoms with E-state index in [1.807, 2.05) is 0 Å². The lowest BCUT2D eigenvalue weighted by atomic mass is 10.00. The van der Waals surface area contributed by atoms with Crippen molar-refractivity contribution in [3.05, 3.63) is 27.4 Å². The number of H-pyrrole nitrogens is 1. The average Bonchev–Trinajstić information content (AvgIpc) is 3.06. The van der Waals surface area contributed by atoms with Crippen LogP contribution in [0, 0.1) is 4.64 Å². The minimum Gasteiger partial charge on any atom is -0.394 e. The molecule has 0 radical (unpaired) electrons. The van der Waals surface area contributed by atoms with Gasteiger partial charge < -0.3 is 49.9 Å². The number of aliphatic hydroxyl groups excluding tert-OH is 6. The molecule has 2 aliphatic rings. The number of phosphoric ester groups is 2. The fraction of sp³-hybridized carbons (Fsp3) is 0.733. The molecule has 1 aromatic rings. The molecule has 21 heteroatoms. The zero-order chi connectivity index (χ0) is 27.0. The Bertz CT molecular complexity index is 1130. The molecule has 206 valence electrons. The van der Waals surface area contributed by atoms with Gasteiger partial charge in [0.2, 0.25) is 0 Å². The van der Waals surface area contributed by atoms with Crippen LogP contribution in [-0.4, -0.2) is 112 Å². The van der Waals surface area contributed by atoms with Crippen molar-refractivity contribution in [3.63, 3.8) is 0 Å². The number of aromatic amines is 1. The minimum absolute atomic E-state index is 0.0851. The number of nitrogens with one attached hydrogen (secondary N) is 1. The van der Waals surface area contributed by atoms with Gasteiger partial charge in [0.05, 0.1) is 13.2 Å². The first kappa shape index (κ1) is 29.6. The lowest BCUT2D eigenvalue weighted by Gasteiger charge is -2.39. The van der Waals surface area contributed by atoms with Crippen molar-refractivity contribution in [3.8, 4) is 0 Å². The second-order valence-electron chi connectivity index (χ2n) is 7.68. The number of aromatic nitrogens is 2. The molecule has 3 heterocycles. The molecule has 3 rings (SSSR count). The molecular weight excluding hydrogens is 558 g/mol. The molecule has 1 aromatic heterocycles. The van der Waals surface area contributed by atoms with Gasteiger partial charge in [-0.15, -0.1) is 0 Å². The van der Waals surface area contributed by atoms with E-state index in [1.54, 1.807) is 0 Å². The topological polar surface area (TPSA) is 280 Å². The van der Waals surface area contributed by atoms with E-state index in [9.17, 15) is 49.2 Å². The summed E-state index contributed by atoms with van der Waals surface area (Å²) in [5.41, 5.74) is -0.789. The van der Waals surface area contributed by atoms with Gasteiger partial charge in [0.1, 0.15) is 47.4 Å². The van der Waals surface area contributed by atoms with Crippen molar-refractivity contribution in [2.45, 2.75) is 55.2 Å². The van der Waals surface area contributed by atoms with E-state index in [0.29, 0.717) is 0 Å². The Morgan fingerprint density at radius 1 is 0.972 bits per heavy atom. The number of hydrogen-bond acceptors (Lipinski definition) is 15. The smallest absolute Gasteiger partial charge is 0.394 e. The molecule has 2 aliphatic heterocycles. The summed E-state index contributed by atoms with van der Waals surface area (Å²) in [6.07, 6.45) is -14.8. The highest BCUT2D eigenvalue weighted by atomic mass is 32.1. The normalized spacial score (nSPS) is 38.4. The summed E-state index contributed by atoms with van der Waals surface area (Å²) in [5, 5.41) is 58.7. The van der Waals surface area contributed by atoms with E-state index in [4.69, 9.17) is 26.8 Å². The van der Waals surface area contributed by atoms with Crippen LogP contribution in [-0.2, 0) is 32.0 Å². The molecule has 2 saturated heterocycles. The van der Waals surface area contributed by atoms with E-state index >= 15 is 0 Å². The highest BCUT2D eigenvalue weighted by Gasteiger charge is 2.49. The van der Waals surface area contributed by atoms with Crippen molar-refractivity contribution in [1.82, 2.24) is 9.55 Å². The van der Waals surface area contributed by atoms with Crippen molar-refractivity contribution in [2.75, 3.05) is 13.2 Å². The largest absolute Gasteiger partial charge is 0.483 e. The Balaban J connectivity index is 1.61. The maximum atomic E-state index is 12.2. The van der Waals surface area contributed by atoms with E-state index in [-0.39, 0.29) is 4.64 Å². The Morgan fingerprint density at radius 3 is 2.22 bits per heavy atom. The lowest BCUT2D eigenvalue weighted by Crippen LogP contribution is -2.58. The van der Waals surface area contributed by atoms with Crippen LogP contribution in [0.4, 0.5) is 0 Å². The summed E-state index contributed by atoms with van der Waals surface area (Å²) in [4.78, 5) is 33.9. The van der Waals surface area contributed by atoms with Gasteiger partial charge in [-0.2, -0.15) is 4.31 Å². The monoisotopic (exact) mass is 582 g/mol. The molecule has 0 amide bonds. The average molecular weight is 582 g/mol. The number of rotatable bonds is 9. The van der Waals surface area contributed by atoms with Crippen molar-refractivity contribution in [1.29, 1.82) is 0 Å². The first-order valence-electron chi connectivity index (χ1n) is 9.99. The van der Waals surface area contributed by atoms with Crippen LogP contribution < -0.4 is 5.69 Å². The Hall–Kier alpha value is -0.960. The molecule has 0 bridgehead atoms. The summed E-state index contributed by atoms with van der Waals surface area (Å²) in [5.74, 6) is 0. The van der Waals surface area contributed by atoms with Crippen LogP contribution >= 0.6 is 27.9 Å². The number of ether oxygens (including phenoxy) is 2. The minimum atomic E-state index is -5.57. The maximum absolute atomic E-state index is 12.2. The molecule has 2 fully saturated rings. The van der Waals surface area contributed by atoms with E-state index in [1.165, 1.54) is 12.3 Å². The van der Waals surface area contributed by atoms with Gasteiger partial charge in [-0.3, -0.25) is 18.6 Å². The zero-order valence-electron chi connectivity index (χ0n) is 17.9. The van der Waals surface area contributed by atoms with Gasteiger partial charge in [0, 0.05) is 6.20 Å². The third-order valence-corrected chi connectivity index (χ3v) is 7.99. The van der Waals surface area contributed by atoms with E-state index in [2.05, 4.69) is 18.3 Å². The first-order valence-corrected chi connectivity index (χ1v) is 13.4. The Morgan fingerprint density at radius 2 is 1.61 bits per heavy atom. The summed E-state index contributed by atoms with van der Waals surface area (Å²) in [6, 6.07) is 1.30. The van der Waals surface area contributed by atoms with Crippen molar-refractivity contribution < 1.29 is 72.4 Å². The van der Waals surface area contributed by atoms with Crippen LogP contribution in [0.3, 0.4) is 0 Å². The summed E-state index contributed by atoms with van der Waals surface area (Å²) >= 11 is 4.79. The number of hydrogen-bond donors (Lipinski definition) is 9. The highest BCUT2D eigenvalue weighted by Crippen LogP contribution is 2.61. The van der Waals surface area contributed by atoms with Crippen LogP contribution in [0.5, 0.6) is 0 Å². The SMILES string of the molecule is O=c1[nH]c(=S)ccn1[C@@H]1O[C@H](COP(=O)(O)OP(=O)(O)O[C@H]2O[C@H](CO)[C@@H](O)[C@H](O)[C@H]2O)[C@@H](O)[C@H]1O. The van der Waals surface area contributed by atoms with Gasteiger partial charge in [-0.1, -0.05) is 12.2 Å². The standard InChI is InChI=1S/C15H24N2O16P2S/c18-3-5-8(19)10(21)12(23)14(31-5)32-35(27,28)33-34(25,26)29-4-6-9(20)11(22)13(30-6)17-2-1-7(36)16-15(17)24/h1-2,5-6,8-14,18-23H,3-4H2,(H,25,26)(H,27,28)(H,16,24,36)/t5-,6-,8-,9-,10+,11-,12-,13-,14-/m1/s1. The maximum Gasteiger partial charge on any atom is 0.483 e. The third-order valence-electron chi connectivity index (χ3n) is 5.16. The molecule has 0 aromatic carbocycles. The number of phosphoric acid groups is 2. The molecular formula is C15H24N2O16P2S. The zero-order valence-corrected chi connectivity index (χ0v) is 20.5. The van der Waals surface area contributed by atoms with Gasteiger partial charge in [-0.25, -0.2) is 13.9 Å². The third kappa shape index (κ3) is 6.72. The Kier molecular flexibility index (Phi) is 9.39. The van der Waals surface area contributed by atoms with Crippen LogP contribution in [0.25, 0.3) is 0 Å². The molecule has 9 N–H and O–H groups in total. The summed E-state index contributed by atoms with van der Waals surface area (Å²) in [6.45, 7) is -1.87.